The van der Waals surface area contributed by atoms with Gasteiger partial charge in [-0.15, -0.1) is 0 Å². The molecule has 3 heteroatoms. The van der Waals surface area contributed by atoms with Crippen LogP contribution in [0.15, 0.2) is 28.9 Å². The van der Waals surface area contributed by atoms with E-state index in [9.17, 15) is 0 Å². The maximum atomic E-state index is 5.08. The summed E-state index contributed by atoms with van der Waals surface area (Å²) in [5.74, 6) is 0.720. The topological polar surface area (TPSA) is 38.9 Å². The van der Waals surface area contributed by atoms with Gasteiger partial charge in [-0.1, -0.05) is 11.2 Å². The fraction of sp³-hybridized carbons (Fsp3) is 0.200. The zero-order valence-corrected chi connectivity index (χ0v) is 7.61. The molecule has 0 saturated carbocycles. The Morgan fingerprint density at radius 1 is 1.23 bits per heavy atom. The van der Waals surface area contributed by atoms with Crippen LogP contribution >= 0.6 is 0 Å². The lowest BCUT2D eigenvalue weighted by molar-refractivity contribution is 0.426. The highest BCUT2D eigenvalue weighted by atomic mass is 16.5. The van der Waals surface area contributed by atoms with Gasteiger partial charge >= 0.3 is 0 Å². The predicted molar refractivity (Wildman–Crippen MR) is 49.2 cm³/mol. The maximum absolute atomic E-state index is 5.08. The minimum atomic E-state index is 0.720. The first-order valence-corrected chi connectivity index (χ1v) is 4.12. The summed E-state index contributed by atoms with van der Waals surface area (Å²) < 4.78 is 5.08. The van der Waals surface area contributed by atoms with Crippen molar-refractivity contribution in [2.24, 2.45) is 0 Å². The van der Waals surface area contributed by atoms with Gasteiger partial charge in [0.05, 0.1) is 5.69 Å². The van der Waals surface area contributed by atoms with Crippen LogP contribution in [0.3, 0.4) is 0 Å². The molecule has 0 spiro atoms. The molecule has 0 bridgehead atoms. The molecule has 0 radical (unpaired) electrons. The molecule has 66 valence electrons. The first-order chi connectivity index (χ1) is 6.25. The van der Waals surface area contributed by atoms with E-state index in [4.69, 9.17) is 4.52 Å². The normalized spacial score (nSPS) is 10.3. The third kappa shape index (κ3) is 1.59. The van der Waals surface area contributed by atoms with Gasteiger partial charge in [-0.3, -0.25) is 4.98 Å². The number of rotatable bonds is 1. The van der Waals surface area contributed by atoms with E-state index in [1.54, 1.807) is 0 Å². The predicted octanol–water partition coefficient (Wildman–Crippen LogP) is 2.35. The second-order valence-electron chi connectivity index (χ2n) is 3.05. The van der Waals surface area contributed by atoms with Gasteiger partial charge in [0.15, 0.2) is 5.76 Å². The summed E-state index contributed by atoms with van der Waals surface area (Å²) in [4.78, 5) is 4.23. The summed E-state index contributed by atoms with van der Waals surface area (Å²) >= 11 is 0. The Hall–Kier alpha value is -1.64. The van der Waals surface area contributed by atoms with Crippen LogP contribution < -0.4 is 0 Å². The number of nitrogens with zero attached hydrogens (tertiary/aromatic N) is 2. The van der Waals surface area contributed by atoms with Crippen LogP contribution in [0.1, 0.15) is 11.3 Å². The van der Waals surface area contributed by atoms with Gasteiger partial charge in [-0.05, 0) is 25.5 Å². The molecular formula is C10H10N2O. The summed E-state index contributed by atoms with van der Waals surface area (Å²) in [7, 11) is 0. The Balaban J connectivity index is 2.41. The summed E-state index contributed by atoms with van der Waals surface area (Å²) in [5, 5.41) is 3.80. The molecule has 0 fully saturated rings. The lowest BCUT2D eigenvalue weighted by atomic mass is 10.2. The summed E-state index contributed by atoms with van der Waals surface area (Å²) in [6.07, 6.45) is 1.81. The van der Waals surface area contributed by atoms with Crippen molar-refractivity contribution < 1.29 is 4.52 Å². The van der Waals surface area contributed by atoms with Crippen LogP contribution in [0, 0.1) is 13.8 Å². The van der Waals surface area contributed by atoms with Gasteiger partial charge in [0.1, 0.15) is 5.69 Å². The second-order valence-corrected chi connectivity index (χ2v) is 3.05. The lowest BCUT2D eigenvalue weighted by Gasteiger charge is -1.94. The third-order valence-electron chi connectivity index (χ3n) is 1.79. The molecule has 0 aliphatic carbocycles. The molecule has 0 amide bonds. The monoisotopic (exact) mass is 174 g/mol. The van der Waals surface area contributed by atoms with Crippen LogP contribution in [-0.2, 0) is 0 Å². The second kappa shape index (κ2) is 3.01. The van der Waals surface area contributed by atoms with E-state index in [2.05, 4.69) is 10.1 Å². The summed E-state index contributed by atoms with van der Waals surface area (Å²) in [6, 6.07) is 5.80. The van der Waals surface area contributed by atoms with E-state index >= 15 is 0 Å². The van der Waals surface area contributed by atoms with Gasteiger partial charge in [0, 0.05) is 12.3 Å². The molecule has 0 N–H and O–H groups in total. The van der Waals surface area contributed by atoms with Crippen LogP contribution in [0.4, 0.5) is 0 Å². The standard InChI is InChI=1S/C10H10N2O/c1-7-3-4-9(11-6-7)10-5-8(2)12-13-10/h3-6H,1-2H3. The van der Waals surface area contributed by atoms with Crippen molar-refractivity contribution in [3.63, 3.8) is 0 Å². The molecular weight excluding hydrogens is 164 g/mol. The Bertz CT molecular complexity index is 403. The number of aryl methyl sites for hydroxylation is 2. The molecule has 13 heavy (non-hydrogen) atoms. The van der Waals surface area contributed by atoms with Crippen molar-refractivity contribution in [1.29, 1.82) is 0 Å². The zero-order chi connectivity index (χ0) is 9.26. The smallest absolute Gasteiger partial charge is 0.185 e. The highest BCUT2D eigenvalue weighted by Crippen LogP contribution is 2.17. The van der Waals surface area contributed by atoms with E-state index < -0.39 is 0 Å². The number of aromatic nitrogens is 2. The molecule has 0 aliphatic rings. The minimum absolute atomic E-state index is 0.720. The summed E-state index contributed by atoms with van der Waals surface area (Å²) in [5.41, 5.74) is 2.84. The first-order valence-electron chi connectivity index (χ1n) is 4.12. The van der Waals surface area contributed by atoms with Crippen molar-refractivity contribution in [1.82, 2.24) is 10.1 Å². The van der Waals surface area contributed by atoms with Crippen molar-refractivity contribution in [3.8, 4) is 11.5 Å². The van der Waals surface area contributed by atoms with Gasteiger partial charge in [0.25, 0.3) is 0 Å². The Morgan fingerprint density at radius 2 is 2.08 bits per heavy atom. The van der Waals surface area contributed by atoms with Crippen molar-refractivity contribution >= 4 is 0 Å². The largest absolute Gasteiger partial charge is 0.354 e. The number of hydrogen-bond donors (Lipinski definition) is 0. The maximum Gasteiger partial charge on any atom is 0.185 e. The van der Waals surface area contributed by atoms with Crippen LogP contribution in [-0.4, -0.2) is 10.1 Å². The van der Waals surface area contributed by atoms with Gasteiger partial charge in [0.2, 0.25) is 0 Å². The lowest BCUT2D eigenvalue weighted by Crippen LogP contribution is -1.81. The third-order valence-corrected chi connectivity index (χ3v) is 1.79. The minimum Gasteiger partial charge on any atom is -0.354 e. The van der Waals surface area contributed by atoms with Crippen LogP contribution in [0.5, 0.6) is 0 Å². The molecule has 3 nitrogen and oxygen atoms in total. The molecule has 0 unspecified atom stereocenters. The Kier molecular flexibility index (Phi) is 1.85. The molecule has 0 aliphatic heterocycles. The first kappa shape index (κ1) is 7.98. The Morgan fingerprint density at radius 3 is 2.62 bits per heavy atom. The Labute approximate surface area is 76.4 Å². The van der Waals surface area contributed by atoms with E-state index in [1.807, 2.05) is 38.2 Å². The SMILES string of the molecule is Cc1ccc(-c2cc(C)no2)nc1. The van der Waals surface area contributed by atoms with E-state index in [1.165, 1.54) is 0 Å². The molecule has 2 heterocycles. The van der Waals surface area contributed by atoms with Gasteiger partial charge in [-0.25, -0.2) is 0 Å². The van der Waals surface area contributed by atoms with E-state index in [-0.39, 0.29) is 0 Å². The quantitative estimate of drug-likeness (QED) is 0.666. The zero-order valence-electron chi connectivity index (χ0n) is 7.61. The fourth-order valence-electron chi connectivity index (χ4n) is 1.10. The molecule has 0 saturated heterocycles. The molecule has 2 rings (SSSR count). The summed E-state index contributed by atoms with van der Waals surface area (Å²) in [6.45, 7) is 3.89. The van der Waals surface area contributed by atoms with Crippen LogP contribution in [0.2, 0.25) is 0 Å². The van der Waals surface area contributed by atoms with Crippen molar-refractivity contribution in [3.05, 3.63) is 35.7 Å². The average Bonchev–Trinajstić information content (AvgIpc) is 2.53. The molecule has 2 aromatic heterocycles. The van der Waals surface area contributed by atoms with E-state index in [0.29, 0.717) is 0 Å². The van der Waals surface area contributed by atoms with Gasteiger partial charge < -0.3 is 4.52 Å². The van der Waals surface area contributed by atoms with E-state index in [0.717, 1.165) is 22.7 Å². The van der Waals surface area contributed by atoms with Crippen molar-refractivity contribution in [2.75, 3.05) is 0 Å². The molecule has 0 aromatic carbocycles. The number of hydrogen-bond acceptors (Lipinski definition) is 3. The molecule has 2 aromatic rings. The highest BCUT2D eigenvalue weighted by Gasteiger charge is 2.03. The molecule has 0 atom stereocenters. The van der Waals surface area contributed by atoms with Crippen molar-refractivity contribution in [2.45, 2.75) is 13.8 Å². The van der Waals surface area contributed by atoms with Gasteiger partial charge in [-0.2, -0.15) is 0 Å². The average molecular weight is 174 g/mol. The van der Waals surface area contributed by atoms with Crippen LogP contribution in [0.25, 0.3) is 11.5 Å². The highest BCUT2D eigenvalue weighted by molar-refractivity contribution is 5.51. The number of pyridine rings is 1. The fourth-order valence-corrected chi connectivity index (χ4v) is 1.10.